The van der Waals surface area contributed by atoms with Gasteiger partial charge in [-0.2, -0.15) is 0 Å². The maximum Gasteiger partial charge on any atom is 0.253 e. The number of anilines is 1. The molecule has 6 heteroatoms. The Balaban J connectivity index is 2.68. The quantitative estimate of drug-likeness (QED) is 0.678. The monoisotopic (exact) mass is 269 g/mol. The first kappa shape index (κ1) is 15.4. The predicted octanol–water partition coefficient (Wildman–Crippen LogP) is 0.450. The molecule has 1 rings (SSSR count). The van der Waals surface area contributed by atoms with Gasteiger partial charge in [0.1, 0.15) is 5.82 Å². The molecule has 0 radical (unpaired) electrons. The fourth-order valence-corrected chi connectivity index (χ4v) is 1.84. The van der Waals surface area contributed by atoms with Crippen LogP contribution in [0, 0.1) is 5.82 Å². The van der Waals surface area contributed by atoms with Crippen LogP contribution >= 0.6 is 0 Å². The summed E-state index contributed by atoms with van der Waals surface area (Å²) in [6.45, 7) is 2.06. The van der Waals surface area contributed by atoms with Crippen LogP contribution in [-0.4, -0.2) is 48.7 Å². The zero-order valence-corrected chi connectivity index (χ0v) is 11.4. The van der Waals surface area contributed by atoms with E-state index < -0.39 is 17.3 Å². The molecule has 0 heterocycles. The number of para-hydroxylation sites is 1. The third-order valence-corrected chi connectivity index (χ3v) is 2.58. The molecule has 4 N–H and O–H groups in total. The van der Waals surface area contributed by atoms with Gasteiger partial charge in [-0.25, -0.2) is 4.39 Å². The summed E-state index contributed by atoms with van der Waals surface area (Å²) in [5.74, 6) is -1.14. The van der Waals surface area contributed by atoms with Crippen LogP contribution in [0.1, 0.15) is 17.3 Å². The molecule has 0 spiro atoms. The number of nitrogens with two attached hydrogens (primary N) is 1. The van der Waals surface area contributed by atoms with Gasteiger partial charge in [0.25, 0.3) is 5.91 Å². The Morgan fingerprint density at radius 3 is 2.74 bits per heavy atom. The molecule has 1 aromatic carbocycles. The highest BCUT2D eigenvalue weighted by Gasteiger charge is 2.23. The second-order valence-electron chi connectivity index (χ2n) is 5.12. The number of halogens is 1. The highest BCUT2D eigenvalue weighted by molar-refractivity contribution is 5.99. The Labute approximate surface area is 112 Å². The third kappa shape index (κ3) is 4.50. The van der Waals surface area contributed by atoms with Crippen molar-refractivity contribution in [2.45, 2.75) is 12.5 Å². The molecule has 0 aliphatic heterocycles. The van der Waals surface area contributed by atoms with E-state index in [0.29, 0.717) is 6.54 Å². The fraction of sp³-hybridized carbons (Fsp3) is 0.462. The van der Waals surface area contributed by atoms with Crippen LogP contribution in [0.25, 0.3) is 0 Å². The topological polar surface area (TPSA) is 78.6 Å². The van der Waals surface area contributed by atoms with Crippen molar-refractivity contribution in [1.29, 1.82) is 0 Å². The van der Waals surface area contributed by atoms with Crippen LogP contribution in [0.3, 0.4) is 0 Å². The normalized spacial score (nSPS) is 14.2. The zero-order valence-electron chi connectivity index (χ0n) is 11.4. The first-order valence-corrected chi connectivity index (χ1v) is 5.92. The Hall–Kier alpha value is -1.66. The molecule has 0 aliphatic carbocycles. The van der Waals surface area contributed by atoms with Gasteiger partial charge in [0, 0.05) is 13.1 Å². The average Bonchev–Trinajstić information content (AvgIpc) is 2.28. The van der Waals surface area contributed by atoms with Gasteiger partial charge in [-0.3, -0.25) is 4.79 Å². The minimum atomic E-state index is -1.07. The maximum atomic E-state index is 13.2. The third-order valence-electron chi connectivity index (χ3n) is 2.58. The molecule has 1 atom stereocenters. The lowest BCUT2D eigenvalue weighted by Crippen LogP contribution is -2.47. The zero-order chi connectivity index (χ0) is 14.6. The summed E-state index contributed by atoms with van der Waals surface area (Å²) in [4.78, 5) is 13.7. The van der Waals surface area contributed by atoms with Crippen molar-refractivity contribution in [1.82, 2.24) is 10.2 Å². The van der Waals surface area contributed by atoms with Crippen molar-refractivity contribution >= 4 is 11.6 Å². The molecular weight excluding hydrogens is 249 g/mol. The number of rotatable bonds is 5. The second kappa shape index (κ2) is 5.99. The molecule has 1 amide bonds. The lowest BCUT2D eigenvalue weighted by atomic mass is 10.1. The maximum absolute atomic E-state index is 13.2. The summed E-state index contributed by atoms with van der Waals surface area (Å²) in [5.41, 5.74) is 4.31. The largest absolute Gasteiger partial charge is 0.396 e. The van der Waals surface area contributed by atoms with E-state index in [1.165, 1.54) is 18.2 Å². The number of benzene rings is 1. The number of amides is 1. The van der Waals surface area contributed by atoms with E-state index in [1.54, 1.807) is 6.92 Å². The summed E-state index contributed by atoms with van der Waals surface area (Å²) in [5, 5.41) is 12.6. The molecule has 19 heavy (non-hydrogen) atoms. The number of nitrogens with zero attached hydrogens (tertiary/aromatic N) is 1. The molecule has 0 aromatic heterocycles. The first-order chi connectivity index (χ1) is 8.73. The number of hydrogen-bond acceptors (Lipinski definition) is 4. The Bertz CT molecular complexity index is 461. The van der Waals surface area contributed by atoms with Crippen molar-refractivity contribution in [2.24, 2.45) is 0 Å². The Morgan fingerprint density at radius 1 is 1.53 bits per heavy atom. The van der Waals surface area contributed by atoms with Gasteiger partial charge in [-0.05, 0) is 33.2 Å². The smallest absolute Gasteiger partial charge is 0.253 e. The van der Waals surface area contributed by atoms with Crippen LogP contribution in [0.4, 0.5) is 10.1 Å². The number of nitrogens with one attached hydrogen (secondary N) is 1. The Kier molecular flexibility index (Phi) is 4.85. The van der Waals surface area contributed by atoms with Gasteiger partial charge in [0.15, 0.2) is 0 Å². The summed E-state index contributed by atoms with van der Waals surface area (Å²) in [6.07, 6.45) is 0. The van der Waals surface area contributed by atoms with Crippen molar-refractivity contribution in [3.05, 3.63) is 29.6 Å². The van der Waals surface area contributed by atoms with Gasteiger partial charge >= 0.3 is 0 Å². The highest BCUT2D eigenvalue weighted by atomic mass is 19.1. The van der Waals surface area contributed by atoms with Gasteiger partial charge in [-0.15, -0.1) is 0 Å². The van der Waals surface area contributed by atoms with E-state index in [4.69, 9.17) is 5.73 Å². The molecule has 0 saturated heterocycles. The van der Waals surface area contributed by atoms with Crippen molar-refractivity contribution in [3.8, 4) is 0 Å². The molecule has 0 saturated carbocycles. The molecule has 0 bridgehead atoms. The van der Waals surface area contributed by atoms with E-state index >= 15 is 0 Å². The van der Waals surface area contributed by atoms with E-state index in [9.17, 15) is 14.3 Å². The number of likely N-dealkylation sites (N-methyl/N-ethyl adjacent to an activating group) is 1. The summed E-state index contributed by atoms with van der Waals surface area (Å²) >= 11 is 0. The van der Waals surface area contributed by atoms with E-state index in [0.717, 1.165) is 0 Å². The van der Waals surface area contributed by atoms with E-state index in [1.807, 2.05) is 19.0 Å². The van der Waals surface area contributed by atoms with Crippen LogP contribution in [0.2, 0.25) is 0 Å². The number of carbonyl (C=O) groups excluding carboxylic acids is 1. The van der Waals surface area contributed by atoms with Gasteiger partial charge in [-0.1, -0.05) is 6.07 Å². The average molecular weight is 269 g/mol. The van der Waals surface area contributed by atoms with Crippen LogP contribution in [0.15, 0.2) is 18.2 Å². The van der Waals surface area contributed by atoms with Crippen LogP contribution in [0.5, 0.6) is 0 Å². The lowest BCUT2D eigenvalue weighted by molar-refractivity contribution is 0.0326. The summed E-state index contributed by atoms with van der Waals surface area (Å²) < 4.78 is 13.2. The highest BCUT2D eigenvalue weighted by Crippen LogP contribution is 2.15. The minimum absolute atomic E-state index is 0.0555. The molecular formula is C13H20FN3O2. The van der Waals surface area contributed by atoms with Crippen molar-refractivity contribution < 1.29 is 14.3 Å². The fourth-order valence-electron chi connectivity index (χ4n) is 1.84. The van der Waals surface area contributed by atoms with Crippen molar-refractivity contribution in [2.75, 3.05) is 32.9 Å². The standard InChI is InChI=1S/C13H20FN3O2/c1-13(19,8-17(2)3)7-16-12(18)9-5-4-6-10(14)11(9)15/h4-6,19H,7-8,15H2,1-3H3,(H,16,18). The summed E-state index contributed by atoms with van der Waals surface area (Å²) in [7, 11) is 3.64. The van der Waals surface area contributed by atoms with Gasteiger partial charge < -0.3 is 21.1 Å². The molecule has 0 fully saturated rings. The molecule has 1 aromatic rings. The number of hydrogen-bond donors (Lipinski definition) is 3. The number of nitrogen functional groups attached to an aromatic ring is 1. The second-order valence-corrected chi connectivity index (χ2v) is 5.12. The first-order valence-electron chi connectivity index (χ1n) is 5.92. The Morgan fingerprint density at radius 2 is 2.16 bits per heavy atom. The van der Waals surface area contributed by atoms with Crippen LogP contribution < -0.4 is 11.1 Å². The lowest BCUT2D eigenvalue weighted by Gasteiger charge is -2.27. The molecule has 1 unspecified atom stereocenters. The molecule has 5 nitrogen and oxygen atoms in total. The summed E-state index contributed by atoms with van der Waals surface area (Å²) in [6, 6.07) is 4.04. The van der Waals surface area contributed by atoms with E-state index in [2.05, 4.69) is 5.32 Å². The number of carbonyl (C=O) groups is 1. The number of aliphatic hydroxyl groups is 1. The molecule has 0 aliphatic rings. The van der Waals surface area contributed by atoms with Gasteiger partial charge in [0.2, 0.25) is 0 Å². The van der Waals surface area contributed by atoms with E-state index in [-0.39, 0.29) is 17.8 Å². The van der Waals surface area contributed by atoms with Gasteiger partial charge in [0.05, 0.1) is 16.9 Å². The minimum Gasteiger partial charge on any atom is -0.396 e. The SMILES string of the molecule is CN(C)CC(C)(O)CNC(=O)c1cccc(F)c1N. The van der Waals surface area contributed by atoms with Crippen LogP contribution in [-0.2, 0) is 0 Å². The predicted molar refractivity (Wildman–Crippen MR) is 72.3 cm³/mol. The molecule has 106 valence electrons. The van der Waals surface area contributed by atoms with Crippen molar-refractivity contribution in [3.63, 3.8) is 0 Å².